The molecule has 1 aromatic carbocycles. The first-order valence-corrected chi connectivity index (χ1v) is 5.68. The predicted molar refractivity (Wildman–Crippen MR) is 61.8 cm³/mol. The number of halogens is 1. The second-order valence-corrected chi connectivity index (χ2v) is 3.84. The number of aryl methyl sites for hydroxylation is 1. The molecular weight excluding hydrogens is 262 g/mol. The maximum Gasteiger partial charge on any atom is 0.272 e. The normalized spacial score (nSPS) is 10.0. The molecule has 15 heavy (non-hydrogen) atoms. The monoisotopic (exact) mass is 273 g/mol. The van der Waals surface area contributed by atoms with Crippen molar-refractivity contribution >= 4 is 21.6 Å². The van der Waals surface area contributed by atoms with Gasteiger partial charge in [-0.15, -0.1) is 0 Å². The smallest absolute Gasteiger partial charge is 0.272 e. The first kappa shape index (κ1) is 12.0. The fourth-order valence-electron chi connectivity index (χ4n) is 1.32. The van der Waals surface area contributed by atoms with Crippen LogP contribution in [0, 0.1) is 10.1 Å². The van der Waals surface area contributed by atoms with Gasteiger partial charge in [0.25, 0.3) is 5.69 Å². The van der Waals surface area contributed by atoms with Crippen molar-refractivity contribution in [2.45, 2.75) is 12.8 Å². The van der Waals surface area contributed by atoms with Crippen molar-refractivity contribution < 1.29 is 9.66 Å². The molecule has 0 aliphatic rings. The predicted octanol–water partition coefficient (Wildman–Crippen LogP) is 2.93. The van der Waals surface area contributed by atoms with Gasteiger partial charge in [0.1, 0.15) is 5.75 Å². The molecule has 0 spiro atoms. The Hall–Kier alpha value is -1.10. The van der Waals surface area contributed by atoms with E-state index in [2.05, 4.69) is 15.9 Å². The number of nitro groups is 1. The molecule has 0 unspecified atom stereocenters. The standard InChI is InChI=1S/C10H12BrNO3/c1-15-9-4-5-10(12(13)14)8(7-9)3-2-6-11/h4-5,7H,2-3,6H2,1H3. The van der Waals surface area contributed by atoms with E-state index in [-0.39, 0.29) is 10.6 Å². The SMILES string of the molecule is COc1ccc([N+](=O)[O-])c(CCCBr)c1. The zero-order valence-electron chi connectivity index (χ0n) is 8.40. The van der Waals surface area contributed by atoms with Gasteiger partial charge in [-0.05, 0) is 25.0 Å². The lowest BCUT2D eigenvalue weighted by Crippen LogP contribution is -1.97. The molecule has 0 atom stereocenters. The molecule has 0 N–H and O–H groups in total. The number of hydrogen-bond acceptors (Lipinski definition) is 3. The Kier molecular flexibility index (Phi) is 4.55. The van der Waals surface area contributed by atoms with Crippen molar-refractivity contribution in [1.82, 2.24) is 0 Å². The van der Waals surface area contributed by atoms with Gasteiger partial charge >= 0.3 is 0 Å². The minimum atomic E-state index is -0.358. The molecule has 0 fully saturated rings. The van der Waals surface area contributed by atoms with Crippen LogP contribution in [0.5, 0.6) is 5.75 Å². The second kappa shape index (κ2) is 5.70. The van der Waals surface area contributed by atoms with Crippen LogP contribution in [0.2, 0.25) is 0 Å². The van der Waals surface area contributed by atoms with Crippen LogP contribution in [0.25, 0.3) is 0 Å². The molecule has 1 rings (SSSR count). The van der Waals surface area contributed by atoms with Crippen molar-refractivity contribution in [2.75, 3.05) is 12.4 Å². The van der Waals surface area contributed by atoms with E-state index in [0.29, 0.717) is 12.2 Å². The van der Waals surface area contributed by atoms with Gasteiger partial charge in [-0.2, -0.15) is 0 Å². The van der Waals surface area contributed by atoms with E-state index in [1.54, 1.807) is 19.2 Å². The van der Waals surface area contributed by atoms with Crippen LogP contribution in [-0.2, 0) is 6.42 Å². The molecule has 1 aromatic rings. The quantitative estimate of drug-likeness (QED) is 0.471. The Balaban J connectivity index is 2.99. The van der Waals surface area contributed by atoms with Gasteiger partial charge in [0.15, 0.2) is 0 Å². The molecule has 0 amide bonds. The average Bonchev–Trinajstić information content (AvgIpc) is 2.25. The zero-order valence-corrected chi connectivity index (χ0v) is 9.99. The highest BCUT2D eigenvalue weighted by molar-refractivity contribution is 9.09. The topological polar surface area (TPSA) is 52.4 Å². The largest absolute Gasteiger partial charge is 0.497 e. The molecule has 0 radical (unpaired) electrons. The molecule has 0 aliphatic heterocycles. The van der Waals surface area contributed by atoms with Gasteiger partial charge in [-0.25, -0.2) is 0 Å². The Morgan fingerprint density at radius 2 is 2.27 bits per heavy atom. The summed E-state index contributed by atoms with van der Waals surface area (Å²) >= 11 is 3.30. The van der Waals surface area contributed by atoms with Crippen LogP contribution >= 0.6 is 15.9 Å². The second-order valence-electron chi connectivity index (χ2n) is 3.04. The summed E-state index contributed by atoms with van der Waals surface area (Å²) in [5, 5.41) is 11.6. The summed E-state index contributed by atoms with van der Waals surface area (Å²) in [5.74, 6) is 0.658. The summed E-state index contributed by atoms with van der Waals surface area (Å²) in [6.07, 6.45) is 1.55. The minimum Gasteiger partial charge on any atom is -0.497 e. The van der Waals surface area contributed by atoms with Crippen LogP contribution in [0.15, 0.2) is 18.2 Å². The van der Waals surface area contributed by atoms with Gasteiger partial charge in [0, 0.05) is 17.0 Å². The summed E-state index contributed by atoms with van der Waals surface area (Å²) in [4.78, 5) is 10.4. The van der Waals surface area contributed by atoms with Crippen molar-refractivity contribution in [3.8, 4) is 5.75 Å². The summed E-state index contributed by atoms with van der Waals surface area (Å²) < 4.78 is 5.04. The molecule has 0 saturated carbocycles. The number of hydrogen-bond donors (Lipinski definition) is 0. The molecule has 82 valence electrons. The number of alkyl halides is 1. The van der Waals surface area contributed by atoms with Gasteiger partial charge in [-0.1, -0.05) is 15.9 Å². The van der Waals surface area contributed by atoms with E-state index in [1.807, 2.05) is 0 Å². The third kappa shape index (κ3) is 3.20. The Morgan fingerprint density at radius 3 is 2.80 bits per heavy atom. The maximum absolute atomic E-state index is 10.7. The van der Waals surface area contributed by atoms with Gasteiger partial charge in [0.2, 0.25) is 0 Å². The van der Waals surface area contributed by atoms with E-state index < -0.39 is 0 Å². The lowest BCUT2D eigenvalue weighted by molar-refractivity contribution is -0.385. The van der Waals surface area contributed by atoms with E-state index in [4.69, 9.17) is 4.74 Å². The fraction of sp³-hybridized carbons (Fsp3) is 0.400. The first-order valence-electron chi connectivity index (χ1n) is 4.56. The number of rotatable bonds is 5. The fourth-order valence-corrected chi connectivity index (χ4v) is 1.60. The van der Waals surface area contributed by atoms with Crippen molar-refractivity contribution in [2.24, 2.45) is 0 Å². The van der Waals surface area contributed by atoms with Crippen LogP contribution < -0.4 is 4.74 Å². The zero-order chi connectivity index (χ0) is 11.3. The molecule has 0 aromatic heterocycles. The van der Waals surface area contributed by atoms with Gasteiger partial charge < -0.3 is 4.74 Å². The summed E-state index contributed by atoms with van der Waals surface area (Å²) in [5.41, 5.74) is 0.885. The first-order chi connectivity index (χ1) is 7.19. The number of methoxy groups -OCH3 is 1. The third-order valence-corrected chi connectivity index (χ3v) is 2.62. The van der Waals surface area contributed by atoms with Gasteiger partial charge in [-0.3, -0.25) is 10.1 Å². The van der Waals surface area contributed by atoms with Crippen LogP contribution in [-0.4, -0.2) is 17.4 Å². The van der Waals surface area contributed by atoms with Gasteiger partial charge in [0.05, 0.1) is 12.0 Å². The molecule has 5 heteroatoms. The number of ether oxygens (including phenoxy) is 1. The van der Waals surface area contributed by atoms with Crippen molar-refractivity contribution in [1.29, 1.82) is 0 Å². The summed E-state index contributed by atoms with van der Waals surface area (Å²) in [6.45, 7) is 0. The highest BCUT2D eigenvalue weighted by atomic mass is 79.9. The average molecular weight is 274 g/mol. The van der Waals surface area contributed by atoms with Crippen LogP contribution in [0.1, 0.15) is 12.0 Å². The number of nitrogens with zero attached hydrogens (tertiary/aromatic N) is 1. The van der Waals surface area contributed by atoms with Crippen molar-refractivity contribution in [3.63, 3.8) is 0 Å². The Labute approximate surface area is 96.5 Å². The van der Waals surface area contributed by atoms with Crippen LogP contribution in [0.4, 0.5) is 5.69 Å². The summed E-state index contributed by atoms with van der Waals surface area (Å²) in [7, 11) is 1.55. The molecular formula is C10H12BrNO3. The molecule has 4 nitrogen and oxygen atoms in total. The number of benzene rings is 1. The molecule has 0 bridgehead atoms. The third-order valence-electron chi connectivity index (χ3n) is 2.06. The maximum atomic E-state index is 10.7. The molecule has 0 heterocycles. The lowest BCUT2D eigenvalue weighted by atomic mass is 10.1. The van der Waals surface area contributed by atoms with E-state index >= 15 is 0 Å². The highest BCUT2D eigenvalue weighted by Gasteiger charge is 2.13. The van der Waals surface area contributed by atoms with Crippen LogP contribution in [0.3, 0.4) is 0 Å². The molecule has 0 saturated heterocycles. The Morgan fingerprint density at radius 1 is 1.53 bits per heavy atom. The van der Waals surface area contributed by atoms with E-state index in [0.717, 1.165) is 17.3 Å². The highest BCUT2D eigenvalue weighted by Crippen LogP contribution is 2.25. The van der Waals surface area contributed by atoms with E-state index in [9.17, 15) is 10.1 Å². The summed E-state index contributed by atoms with van der Waals surface area (Å²) in [6, 6.07) is 4.82. The lowest BCUT2D eigenvalue weighted by Gasteiger charge is -2.04. The minimum absolute atomic E-state index is 0.164. The number of nitro benzene ring substituents is 1. The van der Waals surface area contributed by atoms with E-state index in [1.165, 1.54) is 6.07 Å². The van der Waals surface area contributed by atoms with Crippen molar-refractivity contribution in [3.05, 3.63) is 33.9 Å². The Bertz CT molecular complexity index is 355. The molecule has 0 aliphatic carbocycles.